The fraction of sp³-hybridized carbons (Fsp3) is 0.333. The second-order valence-corrected chi connectivity index (χ2v) is 4.51. The van der Waals surface area contributed by atoms with Crippen molar-refractivity contribution in [3.8, 4) is 0 Å². The van der Waals surface area contributed by atoms with Gasteiger partial charge < -0.3 is 10.6 Å². The van der Waals surface area contributed by atoms with E-state index >= 15 is 0 Å². The maximum absolute atomic E-state index is 12.7. The van der Waals surface area contributed by atoms with E-state index in [1.165, 1.54) is 0 Å². The second kappa shape index (κ2) is 5.03. The Kier molecular flexibility index (Phi) is 3.56. The van der Waals surface area contributed by atoms with Crippen LogP contribution in [0.25, 0.3) is 0 Å². The first-order chi connectivity index (χ1) is 9.25. The van der Waals surface area contributed by atoms with Gasteiger partial charge in [-0.1, -0.05) is 0 Å². The summed E-state index contributed by atoms with van der Waals surface area (Å²) in [5.74, 6) is 0.00837. The van der Waals surface area contributed by atoms with Gasteiger partial charge >= 0.3 is 6.18 Å². The van der Waals surface area contributed by atoms with E-state index in [4.69, 9.17) is 5.73 Å². The Balaban J connectivity index is 2.25. The summed E-state index contributed by atoms with van der Waals surface area (Å²) in [6.07, 6.45) is -1.01. The number of nitrogens with zero attached hydrogens (tertiary/aromatic N) is 4. The summed E-state index contributed by atoms with van der Waals surface area (Å²) < 4.78 is 39.8. The van der Waals surface area contributed by atoms with E-state index < -0.39 is 11.7 Å². The molecule has 2 aromatic heterocycles. The minimum absolute atomic E-state index is 0.159. The highest BCUT2D eigenvalue weighted by molar-refractivity contribution is 5.49. The Bertz CT molecular complexity index is 605. The molecule has 0 aliphatic heterocycles. The number of halogens is 3. The smallest absolute Gasteiger partial charge is 0.384 e. The number of hydrogen-bond donors (Lipinski definition) is 1. The van der Waals surface area contributed by atoms with E-state index in [2.05, 4.69) is 10.1 Å². The Hall–Kier alpha value is -2.25. The maximum atomic E-state index is 12.7. The van der Waals surface area contributed by atoms with E-state index in [9.17, 15) is 13.2 Å². The van der Waals surface area contributed by atoms with E-state index in [-0.39, 0.29) is 11.6 Å². The predicted octanol–water partition coefficient (Wildman–Crippen LogP) is 2.05. The summed E-state index contributed by atoms with van der Waals surface area (Å²) in [5, 5.41) is 4.00. The lowest BCUT2D eigenvalue weighted by molar-refractivity contribution is -0.137. The lowest BCUT2D eigenvalue weighted by Gasteiger charge is -2.19. The number of anilines is 2. The summed E-state index contributed by atoms with van der Waals surface area (Å²) >= 11 is 0. The molecule has 0 radical (unpaired) electrons. The van der Waals surface area contributed by atoms with Crippen LogP contribution in [0.5, 0.6) is 0 Å². The third kappa shape index (κ3) is 3.19. The molecule has 2 rings (SSSR count). The molecule has 0 aromatic carbocycles. The van der Waals surface area contributed by atoms with Crippen molar-refractivity contribution in [1.82, 2.24) is 14.8 Å². The first kappa shape index (κ1) is 14.2. The van der Waals surface area contributed by atoms with Crippen molar-refractivity contribution in [3.63, 3.8) is 0 Å². The average Bonchev–Trinajstić information content (AvgIpc) is 2.72. The van der Waals surface area contributed by atoms with Crippen molar-refractivity contribution in [2.75, 3.05) is 17.7 Å². The third-order valence-electron chi connectivity index (χ3n) is 2.73. The van der Waals surface area contributed by atoms with Crippen molar-refractivity contribution in [2.24, 2.45) is 7.05 Å². The summed E-state index contributed by atoms with van der Waals surface area (Å²) in [5.41, 5.74) is 5.50. The van der Waals surface area contributed by atoms with Crippen molar-refractivity contribution in [2.45, 2.75) is 12.7 Å². The molecular weight excluding hydrogens is 271 g/mol. The van der Waals surface area contributed by atoms with E-state index in [0.29, 0.717) is 6.54 Å². The van der Waals surface area contributed by atoms with Gasteiger partial charge in [-0.05, 0) is 12.1 Å². The van der Waals surface area contributed by atoms with Crippen LogP contribution >= 0.6 is 0 Å². The Labute approximate surface area is 113 Å². The van der Waals surface area contributed by atoms with Crippen LogP contribution in [0.1, 0.15) is 11.1 Å². The molecule has 2 heterocycles. The van der Waals surface area contributed by atoms with Gasteiger partial charge in [0.25, 0.3) is 0 Å². The van der Waals surface area contributed by atoms with E-state index in [1.54, 1.807) is 36.1 Å². The first-order valence-electron chi connectivity index (χ1n) is 5.79. The molecule has 2 aromatic rings. The van der Waals surface area contributed by atoms with Crippen molar-refractivity contribution in [3.05, 3.63) is 35.7 Å². The zero-order chi connectivity index (χ0) is 14.9. The highest BCUT2D eigenvalue weighted by Gasteiger charge is 2.31. The summed E-state index contributed by atoms with van der Waals surface area (Å²) in [4.78, 5) is 5.51. The molecule has 0 saturated heterocycles. The third-order valence-corrected chi connectivity index (χ3v) is 2.73. The molecule has 0 spiro atoms. The van der Waals surface area contributed by atoms with Crippen LogP contribution in [0.4, 0.5) is 24.8 Å². The topological polar surface area (TPSA) is 60.0 Å². The predicted molar refractivity (Wildman–Crippen MR) is 69.0 cm³/mol. The van der Waals surface area contributed by atoms with Gasteiger partial charge in [0.15, 0.2) is 0 Å². The SMILES string of the molecule is CN(Cc1cnn(C)c1)c1cc(C(F)(F)F)cc(N)n1. The average molecular weight is 285 g/mol. The van der Waals surface area contributed by atoms with Gasteiger partial charge in [-0.2, -0.15) is 18.3 Å². The van der Waals surface area contributed by atoms with Gasteiger partial charge in [-0.25, -0.2) is 4.98 Å². The van der Waals surface area contributed by atoms with Gasteiger partial charge in [0, 0.05) is 32.4 Å². The summed E-state index contributed by atoms with van der Waals surface area (Å²) in [6.45, 7) is 0.390. The highest BCUT2D eigenvalue weighted by Crippen LogP contribution is 2.32. The molecule has 108 valence electrons. The molecule has 0 fully saturated rings. The lowest BCUT2D eigenvalue weighted by atomic mass is 10.2. The van der Waals surface area contributed by atoms with Crippen LogP contribution in [0.15, 0.2) is 24.5 Å². The molecule has 0 aliphatic rings. The van der Waals surface area contributed by atoms with E-state index in [0.717, 1.165) is 17.7 Å². The van der Waals surface area contributed by atoms with Crippen LogP contribution in [0.3, 0.4) is 0 Å². The van der Waals surface area contributed by atoms with Crippen molar-refractivity contribution >= 4 is 11.6 Å². The quantitative estimate of drug-likeness (QED) is 0.937. The monoisotopic (exact) mass is 285 g/mol. The largest absolute Gasteiger partial charge is 0.416 e. The number of pyridine rings is 1. The molecule has 0 saturated carbocycles. The maximum Gasteiger partial charge on any atom is 0.416 e. The zero-order valence-electron chi connectivity index (χ0n) is 11.0. The fourth-order valence-corrected chi connectivity index (χ4v) is 1.80. The standard InChI is InChI=1S/C12H14F3N5/c1-19(6-8-5-17-20(2)7-8)11-4-9(12(13,14)15)3-10(16)18-11/h3-5,7H,6H2,1-2H3,(H2,16,18). The van der Waals surface area contributed by atoms with Crippen LogP contribution in [0, 0.1) is 0 Å². The minimum Gasteiger partial charge on any atom is -0.384 e. The molecule has 5 nitrogen and oxygen atoms in total. The molecular formula is C12H14F3N5. The van der Waals surface area contributed by atoms with Gasteiger partial charge in [0.2, 0.25) is 0 Å². The molecule has 0 unspecified atom stereocenters. The fourth-order valence-electron chi connectivity index (χ4n) is 1.80. The number of nitrogen functional groups attached to an aromatic ring is 1. The van der Waals surface area contributed by atoms with Crippen LogP contribution in [-0.2, 0) is 19.8 Å². The van der Waals surface area contributed by atoms with Gasteiger partial charge in [-0.3, -0.25) is 4.68 Å². The molecule has 0 amide bonds. The van der Waals surface area contributed by atoms with Crippen LogP contribution in [0.2, 0.25) is 0 Å². The van der Waals surface area contributed by atoms with Gasteiger partial charge in [0.1, 0.15) is 11.6 Å². The van der Waals surface area contributed by atoms with Crippen LogP contribution in [-0.4, -0.2) is 21.8 Å². The number of rotatable bonds is 3. The molecule has 8 heteroatoms. The zero-order valence-corrected chi connectivity index (χ0v) is 11.0. The molecule has 20 heavy (non-hydrogen) atoms. The Morgan fingerprint density at radius 2 is 2.05 bits per heavy atom. The minimum atomic E-state index is -4.44. The van der Waals surface area contributed by atoms with Crippen molar-refractivity contribution < 1.29 is 13.2 Å². The van der Waals surface area contributed by atoms with E-state index in [1.807, 2.05) is 0 Å². The summed E-state index contributed by atoms with van der Waals surface area (Å²) in [7, 11) is 3.42. The Morgan fingerprint density at radius 1 is 1.35 bits per heavy atom. The molecule has 0 bridgehead atoms. The van der Waals surface area contributed by atoms with Gasteiger partial charge in [0.05, 0.1) is 11.8 Å². The molecule has 2 N–H and O–H groups in total. The number of aryl methyl sites for hydroxylation is 1. The van der Waals surface area contributed by atoms with Crippen LogP contribution < -0.4 is 10.6 Å². The van der Waals surface area contributed by atoms with Gasteiger partial charge in [-0.15, -0.1) is 0 Å². The van der Waals surface area contributed by atoms with Crippen molar-refractivity contribution in [1.29, 1.82) is 0 Å². The molecule has 0 atom stereocenters. The lowest BCUT2D eigenvalue weighted by Crippen LogP contribution is -2.19. The Morgan fingerprint density at radius 3 is 2.60 bits per heavy atom. The molecule has 0 aliphatic carbocycles. The number of alkyl halides is 3. The second-order valence-electron chi connectivity index (χ2n) is 4.51. The first-order valence-corrected chi connectivity index (χ1v) is 5.79. The summed E-state index contributed by atoms with van der Waals surface area (Å²) in [6, 6.07) is 1.80. The number of aromatic nitrogens is 3. The number of nitrogens with two attached hydrogens (primary N) is 1. The highest BCUT2D eigenvalue weighted by atomic mass is 19.4. The normalized spacial score (nSPS) is 11.7. The number of hydrogen-bond acceptors (Lipinski definition) is 4.